The van der Waals surface area contributed by atoms with E-state index in [1.807, 2.05) is 0 Å². The average molecular weight is 791 g/mol. The minimum atomic E-state index is -1.30. The normalized spacial score (nSPS) is 34.8. The maximum Gasteiger partial charge on any atom is 0.310 e. The highest BCUT2D eigenvalue weighted by Gasteiger charge is 2.47. The average Bonchev–Trinajstić information content (AvgIpc) is 3.04. The minimum Gasteiger partial charge on any atom is -0.462 e. The number of piperidine rings is 4. The molecule has 322 valence electrons. The lowest BCUT2D eigenvalue weighted by atomic mass is 9.83. The van der Waals surface area contributed by atoms with Gasteiger partial charge in [-0.25, -0.2) is 0 Å². The summed E-state index contributed by atoms with van der Waals surface area (Å²) in [6.45, 7) is 25.4. The number of esters is 4. The molecule has 4 heterocycles. The molecule has 0 N–H and O–H groups in total. The van der Waals surface area contributed by atoms with Gasteiger partial charge in [0, 0.05) is 72.0 Å². The van der Waals surface area contributed by atoms with Crippen LogP contribution in [0.1, 0.15) is 147 Å². The third-order valence-corrected chi connectivity index (χ3v) is 14.8. The SMILES string of the molecule is CC1CC(OC(=O)CC(C(=O)OC2CC(C)N(C)C(C)(C)C2)C(CC(=O)OC2CC(C)N(C)C(C)(C)C2)C(=O)OC2CC(C)N(C)C(C)(C)C2)CC(C)(C)N1C. The second kappa shape index (κ2) is 17.5. The van der Waals surface area contributed by atoms with Crippen molar-refractivity contribution >= 4 is 23.9 Å². The monoisotopic (exact) mass is 791 g/mol. The van der Waals surface area contributed by atoms with Crippen molar-refractivity contribution in [2.75, 3.05) is 28.2 Å². The third kappa shape index (κ3) is 11.1. The van der Waals surface area contributed by atoms with Crippen LogP contribution < -0.4 is 0 Å². The van der Waals surface area contributed by atoms with E-state index in [2.05, 4.69) is 131 Å². The van der Waals surface area contributed by atoms with E-state index in [-0.39, 0.29) is 58.5 Å². The van der Waals surface area contributed by atoms with Crippen molar-refractivity contribution in [2.45, 2.75) is 218 Å². The van der Waals surface area contributed by atoms with Crippen LogP contribution in [0.2, 0.25) is 0 Å². The molecule has 0 aromatic rings. The lowest BCUT2D eigenvalue weighted by Crippen LogP contribution is -2.55. The second-order valence-electron chi connectivity index (χ2n) is 20.8. The van der Waals surface area contributed by atoms with Crippen molar-refractivity contribution in [1.29, 1.82) is 0 Å². The molecule has 0 aliphatic carbocycles. The van der Waals surface area contributed by atoms with Crippen LogP contribution in [0.4, 0.5) is 0 Å². The van der Waals surface area contributed by atoms with Crippen LogP contribution in [0.5, 0.6) is 0 Å². The summed E-state index contributed by atoms with van der Waals surface area (Å²) >= 11 is 0. The van der Waals surface area contributed by atoms with Crippen LogP contribution in [-0.2, 0) is 38.1 Å². The van der Waals surface area contributed by atoms with Crippen molar-refractivity contribution in [1.82, 2.24) is 19.6 Å². The Morgan fingerprint density at radius 1 is 0.446 bits per heavy atom. The summed E-state index contributed by atoms with van der Waals surface area (Å²) in [4.78, 5) is 66.3. The Bertz CT molecular complexity index is 1310. The van der Waals surface area contributed by atoms with Gasteiger partial charge in [0.05, 0.1) is 24.7 Å². The first-order chi connectivity index (χ1) is 25.6. The molecule has 0 radical (unpaired) electrons. The summed E-state index contributed by atoms with van der Waals surface area (Å²) in [6.07, 6.45) is 2.55. The molecule has 10 unspecified atom stereocenters. The van der Waals surface area contributed by atoms with E-state index in [9.17, 15) is 19.2 Å². The van der Waals surface area contributed by atoms with Crippen LogP contribution in [-0.4, -0.2) is 142 Å². The summed E-state index contributed by atoms with van der Waals surface area (Å²) in [5.74, 6) is -5.15. The van der Waals surface area contributed by atoms with Gasteiger partial charge in [-0.05, 0) is 137 Å². The number of likely N-dealkylation sites (tertiary alicyclic amines) is 4. The number of carbonyl (C=O) groups is 4. The number of hydrogen-bond acceptors (Lipinski definition) is 12. The van der Waals surface area contributed by atoms with E-state index < -0.39 is 60.8 Å². The first kappa shape index (κ1) is 46.4. The van der Waals surface area contributed by atoms with E-state index in [1.54, 1.807) is 0 Å². The molecule has 12 nitrogen and oxygen atoms in total. The molecule has 56 heavy (non-hydrogen) atoms. The summed E-state index contributed by atoms with van der Waals surface area (Å²) in [5.41, 5.74) is -0.887. The van der Waals surface area contributed by atoms with Crippen LogP contribution in [0.3, 0.4) is 0 Å². The number of carbonyl (C=O) groups excluding carboxylic acids is 4. The zero-order chi connectivity index (χ0) is 42.3. The molecule has 0 aromatic carbocycles. The highest BCUT2D eigenvalue weighted by atomic mass is 16.6. The van der Waals surface area contributed by atoms with Crippen LogP contribution in [0.25, 0.3) is 0 Å². The first-order valence-electron chi connectivity index (χ1n) is 21.3. The zero-order valence-corrected chi connectivity index (χ0v) is 37.9. The summed E-state index contributed by atoms with van der Waals surface area (Å²) < 4.78 is 24.8. The topological polar surface area (TPSA) is 118 Å². The smallest absolute Gasteiger partial charge is 0.310 e. The van der Waals surface area contributed by atoms with Gasteiger partial charge in [0.15, 0.2) is 0 Å². The predicted octanol–water partition coefficient (Wildman–Crippen LogP) is 6.22. The van der Waals surface area contributed by atoms with E-state index in [0.717, 1.165) is 0 Å². The minimum absolute atomic E-state index is 0.140. The van der Waals surface area contributed by atoms with E-state index in [4.69, 9.17) is 18.9 Å². The van der Waals surface area contributed by atoms with Gasteiger partial charge in [-0.1, -0.05) is 0 Å². The van der Waals surface area contributed by atoms with Crippen molar-refractivity contribution < 1.29 is 38.1 Å². The largest absolute Gasteiger partial charge is 0.462 e. The molecule has 4 saturated heterocycles. The molecule has 0 aromatic heterocycles. The molecule has 4 aliphatic heterocycles. The maximum atomic E-state index is 14.6. The quantitative estimate of drug-likeness (QED) is 0.175. The number of hydrogen-bond donors (Lipinski definition) is 0. The zero-order valence-electron chi connectivity index (χ0n) is 37.9. The van der Waals surface area contributed by atoms with Crippen molar-refractivity contribution in [3.8, 4) is 0 Å². The molecule has 12 heteroatoms. The Labute approximate surface area is 339 Å². The Kier molecular flexibility index (Phi) is 14.5. The summed E-state index contributed by atoms with van der Waals surface area (Å²) in [6, 6.07) is 0.638. The van der Waals surface area contributed by atoms with Gasteiger partial charge in [0.25, 0.3) is 0 Å². The molecular formula is C44H78N4O8. The maximum absolute atomic E-state index is 14.6. The Hall–Kier alpha value is -2.28. The molecule has 4 rings (SSSR count). The molecule has 0 bridgehead atoms. The number of rotatable bonds is 11. The molecule has 0 amide bonds. The molecule has 4 aliphatic rings. The Morgan fingerprint density at radius 3 is 0.875 bits per heavy atom. The van der Waals surface area contributed by atoms with Gasteiger partial charge in [-0.15, -0.1) is 0 Å². The van der Waals surface area contributed by atoms with Crippen molar-refractivity contribution in [2.24, 2.45) is 11.8 Å². The van der Waals surface area contributed by atoms with Gasteiger partial charge in [0.2, 0.25) is 0 Å². The van der Waals surface area contributed by atoms with E-state index in [0.29, 0.717) is 51.4 Å². The van der Waals surface area contributed by atoms with Crippen LogP contribution >= 0.6 is 0 Å². The summed E-state index contributed by atoms with van der Waals surface area (Å²) in [5, 5.41) is 0. The van der Waals surface area contributed by atoms with Crippen LogP contribution in [0, 0.1) is 11.8 Å². The molecule has 0 saturated carbocycles. The lowest BCUT2D eigenvalue weighted by molar-refractivity contribution is -0.179. The van der Waals surface area contributed by atoms with Crippen molar-refractivity contribution in [3.63, 3.8) is 0 Å². The number of nitrogens with zero attached hydrogens (tertiary/aromatic N) is 4. The molecule has 4 fully saturated rings. The van der Waals surface area contributed by atoms with Gasteiger partial charge < -0.3 is 18.9 Å². The van der Waals surface area contributed by atoms with Crippen molar-refractivity contribution in [3.05, 3.63) is 0 Å². The van der Waals surface area contributed by atoms with Gasteiger partial charge in [-0.2, -0.15) is 0 Å². The third-order valence-electron chi connectivity index (χ3n) is 14.8. The fraction of sp³-hybridized carbons (Fsp3) is 0.909. The first-order valence-corrected chi connectivity index (χ1v) is 21.3. The lowest BCUT2D eigenvalue weighted by Gasteiger charge is -2.48. The fourth-order valence-electron chi connectivity index (χ4n) is 10.1. The van der Waals surface area contributed by atoms with Gasteiger partial charge >= 0.3 is 23.9 Å². The van der Waals surface area contributed by atoms with Gasteiger partial charge in [-0.3, -0.25) is 38.8 Å². The summed E-state index contributed by atoms with van der Waals surface area (Å²) in [7, 11) is 8.30. The van der Waals surface area contributed by atoms with Gasteiger partial charge in [0.1, 0.15) is 24.4 Å². The second-order valence-corrected chi connectivity index (χ2v) is 20.8. The fourth-order valence-corrected chi connectivity index (χ4v) is 10.1. The number of ether oxygens (including phenoxy) is 4. The molecule has 0 spiro atoms. The predicted molar refractivity (Wildman–Crippen MR) is 218 cm³/mol. The van der Waals surface area contributed by atoms with Crippen LogP contribution in [0.15, 0.2) is 0 Å². The Balaban J connectivity index is 1.66. The van der Waals surface area contributed by atoms with E-state index in [1.165, 1.54) is 0 Å². The molecule has 10 atom stereocenters. The standard InChI is InChI=1S/C44H78N4O8/c1-27-17-31(23-41(5,6)45(27)13)53-37(49)21-35(39(51)55-33-19-29(3)47(15)43(9,10)25-33)36(40(52)56-34-20-30(4)48(16)44(11,12)26-34)22-38(50)54-32-18-28(2)46(14)42(7,8)24-32/h27-36H,17-26H2,1-16H3. The Morgan fingerprint density at radius 2 is 0.661 bits per heavy atom. The van der Waals surface area contributed by atoms with E-state index >= 15 is 0 Å². The molecular weight excluding hydrogens is 713 g/mol. The highest BCUT2D eigenvalue weighted by Crippen LogP contribution is 2.38. The highest BCUT2D eigenvalue weighted by molar-refractivity contribution is 5.88.